The molecule has 0 spiro atoms. The standard InChI is InChI=1S/C20H20N4O3/c1-3-12-21-20(25)16-6-4-5-7-17(16)22-13-18-23-19(24-27-18)14-8-10-15(26-2)11-9-14/h3-11,22H,1,12-13H2,2H3,(H,21,25). The number of hydrogen-bond acceptors (Lipinski definition) is 6. The summed E-state index contributed by atoms with van der Waals surface area (Å²) in [6, 6.07) is 14.6. The van der Waals surface area contributed by atoms with Gasteiger partial charge in [-0.15, -0.1) is 6.58 Å². The fourth-order valence-electron chi connectivity index (χ4n) is 2.45. The molecule has 27 heavy (non-hydrogen) atoms. The minimum absolute atomic E-state index is 0.178. The van der Waals surface area contributed by atoms with Gasteiger partial charge in [0.25, 0.3) is 5.91 Å². The summed E-state index contributed by atoms with van der Waals surface area (Å²) in [6.07, 6.45) is 1.63. The summed E-state index contributed by atoms with van der Waals surface area (Å²) >= 11 is 0. The average molecular weight is 364 g/mol. The van der Waals surface area contributed by atoms with Crippen LogP contribution in [0, 0.1) is 0 Å². The quantitative estimate of drug-likeness (QED) is 0.596. The van der Waals surface area contributed by atoms with Crippen molar-refractivity contribution in [2.45, 2.75) is 6.54 Å². The van der Waals surface area contributed by atoms with Crippen LogP contribution in [-0.4, -0.2) is 29.7 Å². The van der Waals surface area contributed by atoms with Crippen LogP contribution < -0.4 is 15.4 Å². The lowest BCUT2D eigenvalue weighted by Gasteiger charge is -2.10. The van der Waals surface area contributed by atoms with Crippen molar-refractivity contribution >= 4 is 11.6 Å². The molecule has 0 saturated carbocycles. The van der Waals surface area contributed by atoms with E-state index >= 15 is 0 Å². The smallest absolute Gasteiger partial charge is 0.253 e. The van der Waals surface area contributed by atoms with Gasteiger partial charge in [-0.25, -0.2) is 0 Å². The largest absolute Gasteiger partial charge is 0.497 e. The molecule has 0 radical (unpaired) electrons. The highest BCUT2D eigenvalue weighted by atomic mass is 16.5. The van der Waals surface area contributed by atoms with Crippen LogP contribution in [0.2, 0.25) is 0 Å². The van der Waals surface area contributed by atoms with E-state index < -0.39 is 0 Å². The lowest BCUT2D eigenvalue weighted by molar-refractivity contribution is 0.0958. The average Bonchev–Trinajstić information content (AvgIpc) is 3.20. The summed E-state index contributed by atoms with van der Waals surface area (Å²) in [6.45, 7) is 4.30. The summed E-state index contributed by atoms with van der Waals surface area (Å²) in [5, 5.41) is 9.93. The maximum atomic E-state index is 12.2. The zero-order valence-corrected chi connectivity index (χ0v) is 14.9. The van der Waals surface area contributed by atoms with Crippen molar-refractivity contribution < 1.29 is 14.1 Å². The van der Waals surface area contributed by atoms with Crippen molar-refractivity contribution in [3.8, 4) is 17.1 Å². The lowest BCUT2D eigenvalue weighted by Crippen LogP contribution is -2.24. The predicted octanol–water partition coefficient (Wildman–Crippen LogP) is 3.27. The molecule has 1 heterocycles. The van der Waals surface area contributed by atoms with Crippen molar-refractivity contribution in [2.75, 3.05) is 19.0 Å². The third-order valence-electron chi connectivity index (χ3n) is 3.83. The normalized spacial score (nSPS) is 10.3. The van der Waals surface area contributed by atoms with Crippen LogP contribution >= 0.6 is 0 Å². The Morgan fingerprint density at radius 2 is 2.00 bits per heavy atom. The molecule has 2 N–H and O–H groups in total. The van der Waals surface area contributed by atoms with Gasteiger partial charge in [-0.05, 0) is 36.4 Å². The monoisotopic (exact) mass is 364 g/mol. The van der Waals surface area contributed by atoms with Gasteiger partial charge >= 0.3 is 0 Å². The van der Waals surface area contributed by atoms with Crippen LogP contribution in [0.5, 0.6) is 5.75 Å². The van der Waals surface area contributed by atoms with Gasteiger partial charge in [-0.2, -0.15) is 4.98 Å². The SMILES string of the molecule is C=CCNC(=O)c1ccccc1NCc1nc(-c2ccc(OC)cc2)no1. The number of nitrogens with one attached hydrogen (secondary N) is 2. The molecule has 3 rings (SSSR count). The van der Waals surface area contributed by atoms with E-state index in [-0.39, 0.29) is 5.91 Å². The number of amides is 1. The number of anilines is 1. The van der Waals surface area contributed by atoms with Crippen LogP contribution in [0.1, 0.15) is 16.2 Å². The second-order valence-corrected chi connectivity index (χ2v) is 5.64. The summed E-state index contributed by atoms with van der Waals surface area (Å²) in [4.78, 5) is 16.6. The summed E-state index contributed by atoms with van der Waals surface area (Å²) in [5.41, 5.74) is 2.05. The number of nitrogens with zero attached hydrogens (tertiary/aromatic N) is 2. The molecule has 2 aromatic carbocycles. The lowest BCUT2D eigenvalue weighted by atomic mass is 10.1. The molecule has 0 unspecified atom stereocenters. The van der Waals surface area contributed by atoms with Crippen LogP contribution in [0.25, 0.3) is 11.4 Å². The Morgan fingerprint density at radius 1 is 1.22 bits per heavy atom. The topological polar surface area (TPSA) is 89.3 Å². The summed E-state index contributed by atoms with van der Waals surface area (Å²) in [5.74, 6) is 1.49. The van der Waals surface area contributed by atoms with E-state index in [1.54, 1.807) is 19.3 Å². The highest BCUT2D eigenvalue weighted by Crippen LogP contribution is 2.20. The fourth-order valence-corrected chi connectivity index (χ4v) is 2.45. The van der Waals surface area contributed by atoms with Gasteiger partial charge in [-0.1, -0.05) is 23.4 Å². The van der Waals surface area contributed by atoms with Crippen molar-refractivity contribution in [3.63, 3.8) is 0 Å². The number of ether oxygens (including phenoxy) is 1. The molecule has 0 aliphatic rings. The third-order valence-corrected chi connectivity index (χ3v) is 3.83. The van der Waals surface area contributed by atoms with Crippen molar-refractivity contribution in [3.05, 3.63) is 72.6 Å². The van der Waals surface area contributed by atoms with Gasteiger partial charge in [0, 0.05) is 17.8 Å². The van der Waals surface area contributed by atoms with Crippen molar-refractivity contribution in [1.29, 1.82) is 0 Å². The number of aromatic nitrogens is 2. The van der Waals surface area contributed by atoms with E-state index in [0.29, 0.717) is 36.1 Å². The number of rotatable bonds is 8. The molecule has 0 aliphatic carbocycles. The van der Waals surface area contributed by atoms with Gasteiger partial charge in [0.05, 0.1) is 19.2 Å². The van der Waals surface area contributed by atoms with Gasteiger partial charge in [0.2, 0.25) is 11.7 Å². The van der Waals surface area contributed by atoms with Gasteiger partial charge < -0.3 is 19.9 Å². The minimum atomic E-state index is -0.178. The summed E-state index contributed by atoms with van der Waals surface area (Å²) in [7, 11) is 1.61. The van der Waals surface area contributed by atoms with Crippen molar-refractivity contribution in [1.82, 2.24) is 15.5 Å². The molecule has 1 aromatic heterocycles. The molecule has 138 valence electrons. The first kappa shape index (κ1) is 18.2. The maximum absolute atomic E-state index is 12.2. The molecule has 1 amide bonds. The molecule has 7 heteroatoms. The Morgan fingerprint density at radius 3 is 2.74 bits per heavy atom. The Bertz CT molecular complexity index is 919. The number of carbonyl (C=O) groups is 1. The number of benzene rings is 2. The van der Waals surface area contributed by atoms with Crippen LogP contribution in [0.3, 0.4) is 0 Å². The molecular weight excluding hydrogens is 344 g/mol. The highest BCUT2D eigenvalue weighted by Gasteiger charge is 2.12. The first-order chi connectivity index (χ1) is 13.2. The summed E-state index contributed by atoms with van der Waals surface area (Å²) < 4.78 is 10.4. The number of hydrogen-bond donors (Lipinski definition) is 2. The first-order valence-corrected chi connectivity index (χ1v) is 8.40. The fraction of sp³-hybridized carbons (Fsp3) is 0.150. The molecule has 3 aromatic rings. The molecule has 7 nitrogen and oxygen atoms in total. The first-order valence-electron chi connectivity index (χ1n) is 8.40. The van der Waals surface area contributed by atoms with E-state index in [9.17, 15) is 4.79 Å². The molecule has 0 fully saturated rings. The van der Waals surface area contributed by atoms with Gasteiger partial charge in [-0.3, -0.25) is 4.79 Å². The zero-order chi connectivity index (χ0) is 19.1. The second-order valence-electron chi connectivity index (χ2n) is 5.64. The molecule has 0 bridgehead atoms. The Balaban J connectivity index is 1.68. The minimum Gasteiger partial charge on any atom is -0.497 e. The van der Waals surface area contributed by atoms with Crippen LogP contribution in [-0.2, 0) is 6.54 Å². The van der Waals surface area contributed by atoms with Crippen LogP contribution in [0.15, 0.2) is 65.7 Å². The number of para-hydroxylation sites is 1. The third kappa shape index (κ3) is 4.52. The zero-order valence-electron chi connectivity index (χ0n) is 14.9. The Labute approximate surface area is 157 Å². The van der Waals surface area contributed by atoms with Crippen molar-refractivity contribution in [2.24, 2.45) is 0 Å². The van der Waals surface area contributed by atoms with E-state index in [1.165, 1.54) is 0 Å². The van der Waals surface area contributed by atoms with Crippen LogP contribution in [0.4, 0.5) is 5.69 Å². The highest BCUT2D eigenvalue weighted by molar-refractivity contribution is 5.99. The van der Waals surface area contributed by atoms with E-state index in [1.807, 2.05) is 42.5 Å². The molecule has 0 aliphatic heterocycles. The number of methoxy groups -OCH3 is 1. The Hall–Kier alpha value is -3.61. The predicted molar refractivity (Wildman–Crippen MR) is 103 cm³/mol. The molecule has 0 saturated heterocycles. The second kappa shape index (κ2) is 8.66. The molecular formula is C20H20N4O3. The maximum Gasteiger partial charge on any atom is 0.253 e. The van der Waals surface area contributed by atoms with Gasteiger partial charge in [0.1, 0.15) is 5.75 Å². The van der Waals surface area contributed by atoms with E-state index in [0.717, 1.165) is 11.3 Å². The van der Waals surface area contributed by atoms with Gasteiger partial charge in [0.15, 0.2) is 0 Å². The van der Waals surface area contributed by atoms with E-state index in [2.05, 4.69) is 27.4 Å². The van der Waals surface area contributed by atoms with E-state index in [4.69, 9.17) is 9.26 Å². The number of carbonyl (C=O) groups excluding carboxylic acids is 1. The molecule has 0 atom stereocenters. The Kier molecular flexibility index (Phi) is 5.84.